The first-order chi connectivity index (χ1) is 12.6. The van der Waals surface area contributed by atoms with E-state index in [-0.39, 0.29) is 6.10 Å². The number of rotatable bonds is 4. The summed E-state index contributed by atoms with van der Waals surface area (Å²) in [5.74, 6) is 0.418. The summed E-state index contributed by atoms with van der Waals surface area (Å²) in [5, 5.41) is 9.37. The van der Waals surface area contributed by atoms with E-state index in [1.165, 1.54) is 4.31 Å². The molecule has 0 amide bonds. The van der Waals surface area contributed by atoms with Gasteiger partial charge in [-0.25, -0.2) is 8.42 Å². The maximum Gasteiger partial charge on any atom is 0.243 e. The van der Waals surface area contributed by atoms with Gasteiger partial charge in [0.25, 0.3) is 0 Å². The van der Waals surface area contributed by atoms with Gasteiger partial charge >= 0.3 is 0 Å². The molecule has 134 valence electrons. The van der Waals surface area contributed by atoms with E-state index in [0.717, 1.165) is 23.6 Å². The summed E-state index contributed by atoms with van der Waals surface area (Å²) in [4.78, 5) is 0.343. The third-order valence-corrected chi connectivity index (χ3v) is 6.47. The molecule has 0 radical (unpaired) electrons. The molecule has 1 atom stereocenters. The highest BCUT2D eigenvalue weighted by molar-refractivity contribution is 7.89. The van der Waals surface area contributed by atoms with Crippen LogP contribution in [0.25, 0.3) is 10.8 Å². The summed E-state index contributed by atoms with van der Waals surface area (Å²) < 4.78 is 33.8. The molecule has 1 aliphatic heterocycles. The topological polar surface area (TPSA) is 72.4 Å². The van der Waals surface area contributed by atoms with E-state index in [1.807, 2.05) is 30.3 Å². The highest BCUT2D eigenvalue weighted by Gasteiger charge is 2.32. The van der Waals surface area contributed by atoms with Crippen molar-refractivity contribution < 1.29 is 13.2 Å². The second-order valence-electron chi connectivity index (χ2n) is 6.28. The highest BCUT2D eigenvalue weighted by atomic mass is 32.2. The van der Waals surface area contributed by atoms with E-state index in [0.29, 0.717) is 23.9 Å². The molecule has 0 saturated carbocycles. The van der Waals surface area contributed by atoms with Gasteiger partial charge in [-0.3, -0.25) is 0 Å². The lowest BCUT2D eigenvalue weighted by Gasteiger charge is -2.32. The van der Waals surface area contributed by atoms with Crippen LogP contribution in [0.2, 0.25) is 0 Å². The fourth-order valence-corrected chi connectivity index (χ4v) is 5.02. The molecule has 1 saturated heterocycles. The molecule has 2 heterocycles. The third-order valence-electron chi connectivity index (χ3n) is 4.54. The Morgan fingerprint density at radius 2 is 1.88 bits per heavy atom. The maximum absolute atomic E-state index is 13.2. The first-order valence-electron chi connectivity index (χ1n) is 8.57. The molecular formula is C19H19N3O3S. The minimum atomic E-state index is -3.60. The zero-order valence-corrected chi connectivity index (χ0v) is 15.0. The molecule has 26 heavy (non-hydrogen) atoms. The normalized spacial score (nSPS) is 18.7. The van der Waals surface area contributed by atoms with Gasteiger partial charge in [-0.15, -0.1) is 5.10 Å². The average Bonchev–Trinajstić information content (AvgIpc) is 2.68. The molecule has 0 aliphatic carbocycles. The summed E-state index contributed by atoms with van der Waals surface area (Å²) in [6.07, 6.45) is 2.88. The second-order valence-corrected chi connectivity index (χ2v) is 8.19. The zero-order chi connectivity index (χ0) is 18.0. The summed E-state index contributed by atoms with van der Waals surface area (Å²) in [6.45, 7) is 0.800. The lowest BCUT2D eigenvalue weighted by molar-refractivity contribution is 0.123. The van der Waals surface area contributed by atoms with Gasteiger partial charge in [0.1, 0.15) is 6.10 Å². The second kappa shape index (κ2) is 7.01. The number of nitrogens with zero attached hydrogens (tertiary/aromatic N) is 3. The lowest BCUT2D eigenvalue weighted by Crippen LogP contribution is -2.44. The van der Waals surface area contributed by atoms with Crippen LogP contribution < -0.4 is 4.74 Å². The molecule has 0 bridgehead atoms. The van der Waals surface area contributed by atoms with Crippen molar-refractivity contribution in [2.75, 3.05) is 13.1 Å². The van der Waals surface area contributed by atoms with Crippen molar-refractivity contribution in [3.8, 4) is 5.88 Å². The Labute approximate surface area is 152 Å². The monoisotopic (exact) mass is 369 g/mol. The molecule has 4 rings (SSSR count). The molecule has 1 fully saturated rings. The summed E-state index contributed by atoms with van der Waals surface area (Å²) in [5.41, 5.74) is 0. The number of piperidine rings is 1. The van der Waals surface area contributed by atoms with Gasteiger partial charge in [0, 0.05) is 24.2 Å². The lowest BCUT2D eigenvalue weighted by atomic mass is 10.1. The summed E-state index contributed by atoms with van der Waals surface area (Å²) in [6, 6.07) is 16.4. The predicted molar refractivity (Wildman–Crippen MR) is 98.4 cm³/mol. The standard InChI is InChI=1S/C19H19N3O3S/c23-26(24,18-10-3-7-15-6-1-2-9-17(15)18)22-13-5-8-16(14-22)25-19-11-4-12-20-21-19/h1-4,6-7,9-12,16H,5,8,13-14H2. The number of hydrogen-bond acceptors (Lipinski definition) is 5. The van der Waals surface area contributed by atoms with Crippen LogP contribution in [0.5, 0.6) is 5.88 Å². The summed E-state index contributed by atoms with van der Waals surface area (Å²) >= 11 is 0. The van der Waals surface area contributed by atoms with Crippen molar-refractivity contribution in [1.82, 2.24) is 14.5 Å². The Balaban J connectivity index is 1.61. The average molecular weight is 369 g/mol. The van der Waals surface area contributed by atoms with Gasteiger partial charge in [-0.05, 0) is 30.4 Å². The fraction of sp³-hybridized carbons (Fsp3) is 0.263. The third kappa shape index (κ3) is 3.27. The largest absolute Gasteiger partial charge is 0.472 e. The van der Waals surface area contributed by atoms with Crippen LogP contribution in [-0.4, -0.2) is 42.1 Å². The fourth-order valence-electron chi connectivity index (χ4n) is 3.30. The van der Waals surface area contributed by atoms with Crippen molar-refractivity contribution in [3.63, 3.8) is 0 Å². The van der Waals surface area contributed by atoms with E-state index in [4.69, 9.17) is 4.74 Å². The van der Waals surface area contributed by atoms with Crippen LogP contribution >= 0.6 is 0 Å². The van der Waals surface area contributed by atoms with Crippen LogP contribution in [0, 0.1) is 0 Å². The van der Waals surface area contributed by atoms with Crippen molar-refractivity contribution in [1.29, 1.82) is 0 Å². The molecule has 0 N–H and O–H groups in total. The van der Waals surface area contributed by atoms with Crippen LogP contribution in [0.4, 0.5) is 0 Å². The minimum Gasteiger partial charge on any atom is -0.472 e. The number of benzene rings is 2. The Morgan fingerprint density at radius 1 is 1.04 bits per heavy atom. The zero-order valence-electron chi connectivity index (χ0n) is 14.2. The van der Waals surface area contributed by atoms with Crippen molar-refractivity contribution in [3.05, 3.63) is 60.8 Å². The highest BCUT2D eigenvalue weighted by Crippen LogP contribution is 2.28. The Kier molecular flexibility index (Phi) is 4.57. The number of aromatic nitrogens is 2. The maximum atomic E-state index is 13.2. The van der Waals surface area contributed by atoms with Gasteiger partial charge in [0.15, 0.2) is 0 Å². The molecule has 3 aromatic rings. The van der Waals surface area contributed by atoms with E-state index >= 15 is 0 Å². The number of fused-ring (bicyclic) bond motifs is 1. The van der Waals surface area contributed by atoms with Crippen LogP contribution in [0.1, 0.15) is 12.8 Å². The first kappa shape index (κ1) is 16.9. The van der Waals surface area contributed by atoms with Gasteiger partial charge in [-0.1, -0.05) is 36.4 Å². The van der Waals surface area contributed by atoms with Gasteiger partial charge in [0.05, 0.1) is 11.4 Å². The van der Waals surface area contributed by atoms with E-state index in [1.54, 1.807) is 30.5 Å². The number of sulfonamides is 1. The van der Waals surface area contributed by atoms with Crippen LogP contribution in [0.15, 0.2) is 65.7 Å². The molecule has 6 nitrogen and oxygen atoms in total. The van der Waals surface area contributed by atoms with Crippen LogP contribution in [-0.2, 0) is 10.0 Å². The Hall–Kier alpha value is -2.51. The molecule has 0 spiro atoms. The molecule has 1 aliphatic rings. The molecule has 7 heteroatoms. The number of hydrogen-bond donors (Lipinski definition) is 0. The molecule has 2 aromatic carbocycles. The smallest absolute Gasteiger partial charge is 0.243 e. The van der Waals surface area contributed by atoms with Gasteiger partial charge in [-0.2, -0.15) is 9.40 Å². The minimum absolute atomic E-state index is 0.231. The predicted octanol–water partition coefficient (Wildman–Crippen LogP) is 2.86. The Bertz CT molecular complexity index is 1000. The van der Waals surface area contributed by atoms with E-state index in [2.05, 4.69) is 10.2 Å². The van der Waals surface area contributed by atoms with Gasteiger partial charge in [0.2, 0.25) is 15.9 Å². The first-order valence-corrected chi connectivity index (χ1v) is 10.0. The number of ether oxygens (including phenoxy) is 1. The van der Waals surface area contributed by atoms with Crippen molar-refractivity contribution in [2.24, 2.45) is 0 Å². The molecule has 1 aromatic heterocycles. The molecule has 1 unspecified atom stereocenters. The SMILES string of the molecule is O=S(=O)(c1cccc2ccccc12)N1CCCC(Oc2cccnn2)C1. The van der Waals surface area contributed by atoms with E-state index < -0.39 is 10.0 Å². The Morgan fingerprint density at radius 3 is 2.73 bits per heavy atom. The van der Waals surface area contributed by atoms with Crippen molar-refractivity contribution in [2.45, 2.75) is 23.8 Å². The van der Waals surface area contributed by atoms with E-state index in [9.17, 15) is 8.42 Å². The summed E-state index contributed by atoms with van der Waals surface area (Å²) in [7, 11) is -3.60. The van der Waals surface area contributed by atoms with Gasteiger partial charge < -0.3 is 4.74 Å². The quantitative estimate of drug-likeness (QED) is 0.707. The van der Waals surface area contributed by atoms with Crippen LogP contribution in [0.3, 0.4) is 0 Å². The molecular weight excluding hydrogens is 350 g/mol. The van der Waals surface area contributed by atoms with Crippen molar-refractivity contribution >= 4 is 20.8 Å².